The van der Waals surface area contributed by atoms with Gasteiger partial charge in [-0.15, -0.1) is 0 Å². The smallest absolute Gasteiger partial charge is 0.311 e. The summed E-state index contributed by atoms with van der Waals surface area (Å²) >= 11 is 2.22. The maximum atomic E-state index is 11.1. The molecule has 0 heterocycles. The van der Waals surface area contributed by atoms with Crippen LogP contribution in [0.15, 0.2) is 24.3 Å². The fourth-order valence-corrected chi connectivity index (χ4v) is 2.08. The molecule has 1 aromatic rings. The highest BCUT2D eigenvalue weighted by Gasteiger charge is 2.37. The van der Waals surface area contributed by atoms with E-state index >= 15 is 0 Å². The SMILES string of the molecule is O=C(O)C(c1ccc(I)cc1)C1CC1. The highest BCUT2D eigenvalue weighted by molar-refractivity contribution is 14.1. The molecular weight excluding hydrogens is 291 g/mol. The van der Waals surface area contributed by atoms with Crippen LogP contribution in [-0.4, -0.2) is 11.1 Å². The average Bonchev–Trinajstić information content (AvgIpc) is 2.92. The van der Waals surface area contributed by atoms with E-state index in [1.165, 1.54) is 0 Å². The van der Waals surface area contributed by atoms with Gasteiger partial charge in [-0.1, -0.05) is 12.1 Å². The lowest BCUT2D eigenvalue weighted by Crippen LogP contribution is -2.13. The highest BCUT2D eigenvalue weighted by Crippen LogP contribution is 2.42. The second kappa shape index (κ2) is 3.88. The van der Waals surface area contributed by atoms with Crippen LogP contribution in [-0.2, 0) is 4.79 Å². The molecule has 0 saturated heterocycles. The zero-order chi connectivity index (χ0) is 10.1. The molecular formula is C11H11IO2. The molecule has 0 aromatic heterocycles. The van der Waals surface area contributed by atoms with E-state index in [4.69, 9.17) is 5.11 Å². The summed E-state index contributed by atoms with van der Waals surface area (Å²) in [5.41, 5.74) is 0.945. The van der Waals surface area contributed by atoms with E-state index in [1.807, 2.05) is 24.3 Å². The summed E-state index contributed by atoms with van der Waals surface area (Å²) < 4.78 is 1.14. The van der Waals surface area contributed by atoms with Gasteiger partial charge in [0.1, 0.15) is 0 Å². The van der Waals surface area contributed by atoms with E-state index in [9.17, 15) is 4.79 Å². The number of carbonyl (C=O) groups is 1. The third kappa shape index (κ3) is 2.08. The van der Waals surface area contributed by atoms with E-state index in [0.29, 0.717) is 5.92 Å². The fraction of sp³-hybridized carbons (Fsp3) is 0.364. The molecule has 1 aliphatic rings. The normalized spacial score (nSPS) is 17.8. The minimum Gasteiger partial charge on any atom is -0.481 e. The number of hydrogen-bond donors (Lipinski definition) is 1. The fourth-order valence-electron chi connectivity index (χ4n) is 1.72. The van der Waals surface area contributed by atoms with Crippen LogP contribution in [0, 0.1) is 9.49 Å². The summed E-state index contributed by atoms with van der Waals surface area (Å²) in [5.74, 6) is -0.603. The zero-order valence-corrected chi connectivity index (χ0v) is 9.77. The van der Waals surface area contributed by atoms with Gasteiger partial charge in [0, 0.05) is 3.57 Å². The standard InChI is InChI=1S/C11H11IO2/c12-9-5-3-8(4-6-9)10(11(13)14)7-1-2-7/h3-7,10H,1-2H2,(H,13,14). The molecule has 3 heteroatoms. The monoisotopic (exact) mass is 302 g/mol. The first-order valence-electron chi connectivity index (χ1n) is 4.67. The van der Waals surface area contributed by atoms with E-state index in [-0.39, 0.29) is 5.92 Å². The molecule has 0 spiro atoms. The Balaban J connectivity index is 2.26. The number of hydrogen-bond acceptors (Lipinski definition) is 1. The van der Waals surface area contributed by atoms with Crippen LogP contribution < -0.4 is 0 Å². The van der Waals surface area contributed by atoms with Crippen molar-refractivity contribution in [1.29, 1.82) is 0 Å². The van der Waals surface area contributed by atoms with Gasteiger partial charge in [-0.3, -0.25) is 4.79 Å². The molecule has 0 aliphatic heterocycles. The number of carboxylic acids is 1. The second-order valence-corrected chi connectivity index (χ2v) is 4.95. The molecule has 1 fully saturated rings. The molecule has 1 saturated carbocycles. The summed E-state index contributed by atoms with van der Waals surface area (Å²) in [6.45, 7) is 0. The van der Waals surface area contributed by atoms with E-state index in [1.54, 1.807) is 0 Å². The molecule has 1 N–H and O–H groups in total. The Morgan fingerprint density at radius 3 is 2.36 bits per heavy atom. The van der Waals surface area contributed by atoms with Crippen molar-refractivity contribution < 1.29 is 9.90 Å². The van der Waals surface area contributed by atoms with Crippen molar-refractivity contribution in [2.24, 2.45) is 5.92 Å². The Morgan fingerprint density at radius 2 is 1.93 bits per heavy atom. The van der Waals surface area contributed by atoms with Gasteiger partial charge >= 0.3 is 5.97 Å². The van der Waals surface area contributed by atoms with Gasteiger partial charge in [0.2, 0.25) is 0 Å². The molecule has 1 atom stereocenters. The molecule has 2 rings (SSSR count). The quantitative estimate of drug-likeness (QED) is 0.872. The number of carboxylic acid groups (broad SMARTS) is 1. The van der Waals surface area contributed by atoms with E-state index < -0.39 is 5.97 Å². The molecule has 1 aliphatic carbocycles. The Kier molecular flexibility index (Phi) is 2.76. The number of aliphatic carboxylic acids is 1. The van der Waals surface area contributed by atoms with E-state index in [0.717, 1.165) is 22.0 Å². The number of benzene rings is 1. The highest BCUT2D eigenvalue weighted by atomic mass is 127. The van der Waals surface area contributed by atoms with Crippen LogP contribution in [0.3, 0.4) is 0 Å². The maximum Gasteiger partial charge on any atom is 0.311 e. The van der Waals surface area contributed by atoms with Crippen molar-refractivity contribution in [3.05, 3.63) is 33.4 Å². The first-order chi connectivity index (χ1) is 6.68. The van der Waals surface area contributed by atoms with Gasteiger partial charge in [0.25, 0.3) is 0 Å². The van der Waals surface area contributed by atoms with Gasteiger partial charge in [-0.2, -0.15) is 0 Å². The van der Waals surface area contributed by atoms with Crippen molar-refractivity contribution >= 4 is 28.6 Å². The molecule has 1 unspecified atom stereocenters. The lowest BCUT2D eigenvalue weighted by molar-refractivity contribution is -0.139. The summed E-state index contributed by atoms with van der Waals surface area (Å²) in [4.78, 5) is 11.1. The van der Waals surface area contributed by atoms with Crippen LogP contribution >= 0.6 is 22.6 Å². The largest absolute Gasteiger partial charge is 0.481 e. The minimum atomic E-state index is -0.686. The minimum absolute atomic E-state index is 0.285. The molecule has 0 amide bonds. The van der Waals surface area contributed by atoms with Gasteiger partial charge in [0.15, 0.2) is 0 Å². The van der Waals surface area contributed by atoms with Crippen LogP contribution in [0.1, 0.15) is 24.3 Å². The predicted molar refractivity (Wildman–Crippen MR) is 62.3 cm³/mol. The van der Waals surface area contributed by atoms with Crippen molar-refractivity contribution in [1.82, 2.24) is 0 Å². The molecule has 14 heavy (non-hydrogen) atoms. The Morgan fingerprint density at radius 1 is 1.36 bits per heavy atom. The van der Waals surface area contributed by atoms with Crippen molar-refractivity contribution in [3.8, 4) is 0 Å². The van der Waals surface area contributed by atoms with Gasteiger partial charge < -0.3 is 5.11 Å². The van der Waals surface area contributed by atoms with Gasteiger partial charge in [0.05, 0.1) is 5.92 Å². The van der Waals surface area contributed by atoms with Crippen LogP contribution in [0.25, 0.3) is 0 Å². The van der Waals surface area contributed by atoms with Gasteiger partial charge in [-0.25, -0.2) is 0 Å². The Bertz CT molecular complexity index is 341. The first kappa shape index (κ1) is 9.96. The summed E-state index contributed by atoms with van der Waals surface area (Å²) in [6.07, 6.45) is 2.12. The number of halogens is 1. The molecule has 2 nitrogen and oxygen atoms in total. The van der Waals surface area contributed by atoms with Crippen LogP contribution in [0.5, 0.6) is 0 Å². The lowest BCUT2D eigenvalue weighted by Gasteiger charge is -2.11. The Hall–Kier alpha value is -0.580. The van der Waals surface area contributed by atoms with Crippen LogP contribution in [0.4, 0.5) is 0 Å². The zero-order valence-electron chi connectivity index (χ0n) is 7.61. The first-order valence-corrected chi connectivity index (χ1v) is 5.74. The molecule has 1 aromatic carbocycles. The molecule has 74 valence electrons. The second-order valence-electron chi connectivity index (χ2n) is 3.70. The summed E-state index contributed by atoms with van der Waals surface area (Å²) in [5, 5.41) is 9.10. The summed E-state index contributed by atoms with van der Waals surface area (Å²) in [6, 6.07) is 7.79. The van der Waals surface area contributed by atoms with Crippen molar-refractivity contribution in [2.45, 2.75) is 18.8 Å². The van der Waals surface area contributed by atoms with Crippen molar-refractivity contribution in [2.75, 3.05) is 0 Å². The third-order valence-electron chi connectivity index (χ3n) is 2.59. The maximum absolute atomic E-state index is 11.1. The predicted octanol–water partition coefficient (Wildman–Crippen LogP) is 2.87. The Labute approximate surface area is 96.5 Å². The lowest BCUT2D eigenvalue weighted by atomic mass is 9.94. The van der Waals surface area contributed by atoms with Crippen LogP contribution in [0.2, 0.25) is 0 Å². The average molecular weight is 302 g/mol. The van der Waals surface area contributed by atoms with Crippen molar-refractivity contribution in [3.63, 3.8) is 0 Å². The summed E-state index contributed by atoms with van der Waals surface area (Å²) in [7, 11) is 0. The molecule has 0 bridgehead atoms. The topological polar surface area (TPSA) is 37.3 Å². The van der Waals surface area contributed by atoms with E-state index in [2.05, 4.69) is 22.6 Å². The number of rotatable bonds is 3. The molecule has 0 radical (unpaired) electrons. The third-order valence-corrected chi connectivity index (χ3v) is 3.31. The van der Waals surface area contributed by atoms with Gasteiger partial charge in [-0.05, 0) is 59.0 Å².